The summed E-state index contributed by atoms with van der Waals surface area (Å²) in [6.45, 7) is 63.9. The Balaban J connectivity index is 0.000000142. The largest absolute Gasteiger partial charge is 0.456 e. The summed E-state index contributed by atoms with van der Waals surface area (Å²) in [7, 11) is 0. The van der Waals surface area contributed by atoms with Crippen molar-refractivity contribution in [3.05, 3.63) is 86.1 Å². The van der Waals surface area contributed by atoms with Crippen molar-refractivity contribution in [1.82, 2.24) is 0 Å². The smallest absolute Gasteiger partial charge is 0.335 e. The van der Waals surface area contributed by atoms with Gasteiger partial charge in [-0.05, 0) is 412 Å². The molecule has 125 heavy (non-hydrogen) atoms. The van der Waals surface area contributed by atoms with Crippen molar-refractivity contribution in [2.24, 2.45) is 122 Å². The Bertz CT molecular complexity index is 3830. The summed E-state index contributed by atoms with van der Waals surface area (Å²) in [5.41, 5.74) is 2.75. The molecule has 20 saturated carbocycles. The Morgan fingerprint density at radius 1 is 0.368 bits per heavy atom. The van der Waals surface area contributed by atoms with E-state index in [-0.39, 0.29) is 80.3 Å². The molecule has 0 aromatic heterocycles. The molecule has 20 fully saturated rings. The predicted octanol–water partition coefficient (Wildman–Crippen LogP) is 25.2. The van der Waals surface area contributed by atoms with Crippen molar-refractivity contribution >= 4 is 41.8 Å². The van der Waals surface area contributed by atoms with Gasteiger partial charge < -0.3 is 47.4 Å². The molecular formula is C108H168O17. The number of hydrogen-bond donors (Lipinski definition) is 0. The summed E-state index contributed by atoms with van der Waals surface area (Å²) in [6, 6.07) is 0. The zero-order valence-corrected chi connectivity index (χ0v) is 81.3. The molecule has 0 radical (unpaired) electrons. The lowest BCUT2D eigenvalue weighted by atomic mass is 9.54. The van der Waals surface area contributed by atoms with Crippen molar-refractivity contribution in [3.8, 4) is 0 Å². The number of ether oxygens (including phenoxy) is 10. The Morgan fingerprint density at radius 2 is 0.720 bits per heavy atom. The van der Waals surface area contributed by atoms with Crippen LogP contribution in [0.1, 0.15) is 369 Å². The number of fused-ring (bicyclic) bond motifs is 2. The lowest BCUT2D eigenvalue weighted by Gasteiger charge is -2.56. The van der Waals surface area contributed by atoms with E-state index in [1.165, 1.54) is 186 Å². The number of carbonyl (C=O) groups is 7. The average molecular weight is 1740 g/mol. The Hall–Kier alpha value is -5.65. The van der Waals surface area contributed by atoms with E-state index in [2.05, 4.69) is 101 Å². The van der Waals surface area contributed by atoms with Gasteiger partial charge in [-0.3, -0.25) is 0 Å². The van der Waals surface area contributed by atoms with Crippen LogP contribution in [-0.4, -0.2) is 100 Å². The van der Waals surface area contributed by atoms with Crippen LogP contribution in [0.5, 0.6) is 0 Å². The second kappa shape index (κ2) is 39.8. The predicted molar refractivity (Wildman–Crippen MR) is 491 cm³/mol. The third kappa shape index (κ3) is 22.9. The van der Waals surface area contributed by atoms with Gasteiger partial charge in [-0.25, -0.2) is 33.6 Å². The molecule has 702 valence electrons. The Kier molecular flexibility index (Phi) is 31.8. The van der Waals surface area contributed by atoms with Crippen LogP contribution in [-0.2, 0) is 80.9 Å². The first-order valence-corrected chi connectivity index (χ1v) is 49.5. The highest BCUT2D eigenvalue weighted by molar-refractivity contribution is 5.89. The van der Waals surface area contributed by atoms with Crippen molar-refractivity contribution < 1.29 is 80.9 Å². The fourth-order valence-electron chi connectivity index (χ4n) is 30.6. The standard InChI is InChI=1S/C19H30O2.C18H28O2.2C16H24O3.C15H22O3.C13H22O2.C11H18O2/c1-12(2)16(20)21-18(6)9-10-19-11-15(18)17(4,5)14(19)8-7-13(19)3;1-6-15(19)20-17(5)9-10-18-11-14(17)16(3,4)13(18)8-7-12(18)2;1-10(2)15(17)18-11(3)19-16-7-12-4-13(8-16)6-14(5-12)9-16;1-9(2)16(17)19-10(3)18-15-13-5-11-4-12(7-13)8-14(15)6-11;1-3-14(16)17-10(2)18-15-7-11-4-12(8-15)6-13(5-11)9-15;1-10(2)12(14)15-13(3,4)11-8-6-5-7-9-11;1-9(2)10(12)13-11(3)7-5-4-6-8-11/h13-15H,1,7-11H2,2-6H3;6,12-14H,1,7-11H2,2-5H3;11-14H,1,4-9H2,2-3H3;10-15H,1,4-8H2,2-3H3;3,10-13H,1,4-9H2,2H3;11H,1,5-9H2,2-4H3;1,4-8H2,2-3H3. The maximum Gasteiger partial charge on any atom is 0.335 e. The van der Waals surface area contributed by atoms with Gasteiger partial charge in [0.25, 0.3) is 0 Å². The second-order valence-electron chi connectivity index (χ2n) is 46.6. The second-order valence-corrected chi connectivity index (χ2v) is 46.6. The minimum Gasteiger partial charge on any atom is -0.456 e. The Morgan fingerprint density at radius 3 is 1.10 bits per heavy atom. The first kappa shape index (κ1) is 99.9. The summed E-state index contributed by atoms with van der Waals surface area (Å²) in [4.78, 5) is 80.8. The summed E-state index contributed by atoms with van der Waals surface area (Å²) in [6.07, 6.45) is 47.7. The summed E-state index contributed by atoms with van der Waals surface area (Å²) >= 11 is 0. The molecule has 20 rings (SSSR count). The van der Waals surface area contributed by atoms with Gasteiger partial charge in [0.2, 0.25) is 18.9 Å². The van der Waals surface area contributed by atoms with Crippen LogP contribution in [0.2, 0.25) is 0 Å². The fourth-order valence-corrected chi connectivity index (χ4v) is 30.6. The zero-order valence-electron chi connectivity index (χ0n) is 81.3. The van der Waals surface area contributed by atoms with Gasteiger partial charge in [0.05, 0.1) is 17.3 Å². The van der Waals surface area contributed by atoms with Gasteiger partial charge in [0, 0.05) is 51.9 Å². The number of carbonyl (C=O) groups excluding carboxylic acids is 7. The fraction of sp³-hybridized carbons (Fsp3) is 0.806. The van der Waals surface area contributed by atoms with Crippen molar-refractivity contribution in [3.63, 3.8) is 0 Å². The molecule has 0 aromatic rings. The van der Waals surface area contributed by atoms with Crippen LogP contribution in [0.3, 0.4) is 0 Å². The molecule has 13 atom stereocenters. The maximum absolute atomic E-state index is 12.1. The monoisotopic (exact) mass is 1740 g/mol. The first-order chi connectivity index (χ1) is 58.4. The van der Waals surface area contributed by atoms with Gasteiger partial charge in [-0.1, -0.05) is 113 Å². The van der Waals surface area contributed by atoms with Gasteiger partial charge >= 0.3 is 41.8 Å². The molecule has 20 aliphatic rings. The molecule has 2 spiro atoms. The van der Waals surface area contributed by atoms with Crippen molar-refractivity contribution in [2.45, 2.75) is 428 Å². The molecule has 0 aromatic carbocycles. The van der Waals surface area contributed by atoms with E-state index in [9.17, 15) is 33.6 Å². The lowest BCUT2D eigenvalue weighted by molar-refractivity contribution is -0.244. The molecule has 0 heterocycles. The third-order valence-corrected chi connectivity index (χ3v) is 35.6. The van der Waals surface area contributed by atoms with Gasteiger partial charge in [0.1, 0.15) is 22.4 Å². The first-order valence-electron chi connectivity index (χ1n) is 49.5. The molecule has 16 bridgehead atoms. The highest BCUT2D eigenvalue weighted by Gasteiger charge is 2.71. The highest BCUT2D eigenvalue weighted by atomic mass is 16.7. The zero-order chi connectivity index (χ0) is 91.7. The average Bonchev–Trinajstić information content (AvgIpc) is 1.53. The summed E-state index contributed by atoms with van der Waals surface area (Å²) in [5, 5.41) is 0. The van der Waals surface area contributed by atoms with Crippen molar-refractivity contribution in [1.29, 1.82) is 0 Å². The molecule has 20 aliphatic carbocycles. The lowest BCUT2D eigenvalue weighted by Crippen LogP contribution is -2.53. The minimum absolute atomic E-state index is 0.00435. The van der Waals surface area contributed by atoms with E-state index in [0.29, 0.717) is 74.4 Å². The molecule has 0 N–H and O–H groups in total. The minimum atomic E-state index is -0.458. The highest BCUT2D eigenvalue weighted by Crippen LogP contribution is 2.76. The van der Waals surface area contributed by atoms with Gasteiger partial charge in [-0.15, -0.1) is 0 Å². The molecule has 13 unspecified atom stereocenters. The summed E-state index contributed by atoms with van der Waals surface area (Å²) in [5.74, 6) is 11.0. The van der Waals surface area contributed by atoms with Crippen LogP contribution in [0.15, 0.2) is 86.1 Å². The molecule has 17 heteroatoms. The Labute approximate surface area is 754 Å². The van der Waals surface area contributed by atoms with E-state index in [4.69, 9.17) is 47.4 Å². The van der Waals surface area contributed by atoms with E-state index in [1.807, 2.05) is 41.5 Å². The van der Waals surface area contributed by atoms with Crippen LogP contribution in [0.4, 0.5) is 0 Å². The van der Waals surface area contributed by atoms with E-state index >= 15 is 0 Å². The van der Waals surface area contributed by atoms with Crippen LogP contribution in [0, 0.1) is 122 Å². The van der Waals surface area contributed by atoms with E-state index < -0.39 is 24.8 Å². The topological polar surface area (TPSA) is 212 Å². The van der Waals surface area contributed by atoms with E-state index in [1.54, 1.807) is 34.6 Å². The third-order valence-electron chi connectivity index (χ3n) is 35.6. The normalized spacial score (nSPS) is 38.7. The molecule has 0 amide bonds. The number of rotatable bonds is 21. The molecule has 0 saturated heterocycles. The van der Waals surface area contributed by atoms with Crippen LogP contribution >= 0.6 is 0 Å². The van der Waals surface area contributed by atoms with Crippen molar-refractivity contribution in [2.75, 3.05) is 0 Å². The summed E-state index contributed by atoms with van der Waals surface area (Å²) < 4.78 is 56.8. The van der Waals surface area contributed by atoms with Crippen LogP contribution in [0.25, 0.3) is 0 Å². The molecular weight excluding hydrogens is 1570 g/mol. The molecule has 17 nitrogen and oxygen atoms in total. The van der Waals surface area contributed by atoms with Crippen LogP contribution < -0.4 is 0 Å². The quantitative estimate of drug-likeness (QED) is 0.0452. The van der Waals surface area contributed by atoms with Gasteiger partial charge in [0.15, 0.2) is 0 Å². The molecule has 0 aliphatic heterocycles. The number of esters is 7. The van der Waals surface area contributed by atoms with E-state index in [0.717, 1.165) is 135 Å². The maximum atomic E-state index is 12.1. The SMILES string of the molecule is C=C(C)C(=O)OC(C)(C)C1CCCCC1.C=C(C)C(=O)OC(C)OC12CC3CC(CC(C3)C1)C2.C=C(C)C(=O)OC(C)OC1C2CC3CC(C2)CC1C3.C=C(C)C(=O)OC1(C)CCC23CC1C(C)(C)C2CCC3C.C=C(C)C(=O)OC1(C)CCCCC1.C=CC(=O)OC(C)OC12CC3CC(CC(C3)C1)C2.C=CC(=O)OC1(C)CCC23CC1C(C)(C)C2CCC3C. The van der Waals surface area contributed by atoms with Gasteiger partial charge in [-0.2, -0.15) is 0 Å². The number of hydrogen-bond acceptors (Lipinski definition) is 17.